The van der Waals surface area contributed by atoms with Gasteiger partial charge in [0.05, 0.1) is 5.41 Å². The Bertz CT molecular complexity index is 727. The molecule has 0 spiro atoms. The number of hydrogen-bond donors (Lipinski definition) is 2. The molecule has 8 nitrogen and oxygen atoms in total. The molecule has 4 amide bonds. The number of nitrogens with zero attached hydrogens (tertiary/aromatic N) is 1. The molecular weight excluding hydrogens is 386 g/mol. The number of likely N-dealkylation sites (tertiary alicyclic amines) is 1. The van der Waals surface area contributed by atoms with Crippen LogP contribution in [-0.2, 0) is 19.1 Å². The molecule has 0 aromatic heterocycles. The standard InChI is InChI=1S/C22H31N3O5/c26-18(24-21(29)23-16-3-4-16)12-30-19(27)17-2-1-5-25(17)20(28)22-9-13-6-14(10-22)8-15(7-13)11-22/h13-17H,1-12H2,(H2,23,24,26,29)/t13?,14?,15?,17-,22?/m0/s1. The Morgan fingerprint density at radius 2 is 1.57 bits per heavy atom. The van der Waals surface area contributed by atoms with E-state index in [9.17, 15) is 19.2 Å². The van der Waals surface area contributed by atoms with E-state index in [4.69, 9.17) is 4.74 Å². The second-order valence-electron chi connectivity index (χ2n) is 10.3. The molecule has 1 atom stereocenters. The number of esters is 1. The quantitative estimate of drug-likeness (QED) is 0.663. The normalized spacial score (nSPS) is 36.5. The first-order valence-electron chi connectivity index (χ1n) is 11.5. The Labute approximate surface area is 176 Å². The second kappa shape index (κ2) is 7.54. The molecule has 8 heteroatoms. The molecule has 5 aliphatic carbocycles. The lowest BCUT2D eigenvalue weighted by molar-refractivity contribution is -0.166. The number of rotatable bonds is 5. The van der Waals surface area contributed by atoms with Gasteiger partial charge in [0.25, 0.3) is 5.91 Å². The molecule has 0 unspecified atom stereocenters. The highest BCUT2D eigenvalue weighted by molar-refractivity contribution is 5.96. The summed E-state index contributed by atoms with van der Waals surface area (Å²) in [7, 11) is 0. The van der Waals surface area contributed by atoms with Gasteiger partial charge in [0.1, 0.15) is 6.04 Å². The van der Waals surface area contributed by atoms with Crippen LogP contribution in [0.15, 0.2) is 0 Å². The minimum absolute atomic E-state index is 0.134. The number of carbonyl (C=O) groups is 4. The largest absolute Gasteiger partial charge is 0.454 e. The molecule has 1 heterocycles. The summed E-state index contributed by atoms with van der Waals surface area (Å²) >= 11 is 0. The lowest BCUT2D eigenvalue weighted by Crippen LogP contribution is -2.56. The number of ether oxygens (including phenoxy) is 1. The van der Waals surface area contributed by atoms with Crippen molar-refractivity contribution >= 4 is 23.8 Å². The minimum atomic E-state index is -0.654. The topological polar surface area (TPSA) is 105 Å². The van der Waals surface area contributed by atoms with Crippen LogP contribution in [-0.4, -0.2) is 54.0 Å². The number of nitrogens with one attached hydrogen (secondary N) is 2. The maximum absolute atomic E-state index is 13.6. The van der Waals surface area contributed by atoms with Crippen molar-refractivity contribution < 1.29 is 23.9 Å². The number of hydrogen-bond acceptors (Lipinski definition) is 5. The van der Waals surface area contributed by atoms with Gasteiger partial charge in [0.2, 0.25) is 5.91 Å². The summed E-state index contributed by atoms with van der Waals surface area (Å²) in [6, 6.07) is -1.03. The van der Waals surface area contributed by atoms with Crippen LogP contribution < -0.4 is 10.6 Å². The van der Waals surface area contributed by atoms with Crippen LogP contribution in [0.4, 0.5) is 4.79 Å². The Kier molecular flexibility index (Phi) is 4.98. The summed E-state index contributed by atoms with van der Waals surface area (Å²) in [6.45, 7) is 0.0726. The van der Waals surface area contributed by atoms with E-state index < -0.39 is 30.6 Å². The Hall–Kier alpha value is -2.12. The van der Waals surface area contributed by atoms with E-state index in [1.165, 1.54) is 19.3 Å². The SMILES string of the molecule is O=C(COC(=O)[C@@H]1CCCN1C(=O)C12CC3CC(CC(C3)C1)C2)NC(=O)NC1CC1. The summed E-state index contributed by atoms with van der Waals surface area (Å²) in [6.07, 6.45) is 9.88. The predicted molar refractivity (Wildman–Crippen MR) is 106 cm³/mol. The van der Waals surface area contributed by atoms with E-state index in [2.05, 4.69) is 10.6 Å². The average molecular weight is 418 g/mol. The average Bonchev–Trinajstić information content (AvgIpc) is 3.36. The molecule has 0 radical (unpaired) electrons. The van der Waals surface area contributed by atoms with Gasteiger partial charge in [-0.3, -0.25) is 14.9 Å². The maximum atomic E-state index is 13.6. The molecule has 6 fully saturated rings. The summed E-state index contributed by atoms with van der Waals surface area (Å²) < 4.78 is 5.18. The van der Waals surface area contributed by atoms with Crippen molar-refractivity contribution in [2.45, 2.75) is 76.3 Å². The fraction of sp³-hybridized carbons (Fsp3) is 0.818. The van der Waals surface area contributed by atoms with Crippen molar-refractivity contribution in [3.05, 3.63) is 0 Å². The van der Waals surface area contributed by atoms with Crippen LogP contribution in [0.5, 0.6) is 0 Å². The summed E-state index contributed by atoms with van der Waals surface area (Å²) in [4.78, 5) is 51.5. The van der Waals surface area contributed by atoms with E-state index >= 15 is 0 Å². The zero-order chi connectivity index (χ0) is 20.9. The van der Waals surface area contributed by atoms with Crippen molar-refractivity contribution in [1.29, 1.82) is 0 Å². The number of amides is 4. The molecule has 6 aliphatic rings. The van der Waals surface area contributed by atoms with Crippen LogP contribution in [0.3, 0.4) is 0 Å². The molecule has 1 saturated heterocycles. The van der Waals surface area contributed by atoms with Gasteiger partial charge in [-0.15, -0.1) is 0 Å². The molecule has 6 rings (SSSR count). The molecule has 0 aromatic carbocycles. The van der Waals surface area contributed by atoms with E-state index in [0.717, 1.165) is 38.5 Å². The number of urea groups is 1. The first-order valence-corrected chi connectivity index (χ1v) is 11.5. The van der Waals surface area contributed by atoms with Gasteiger partial charge in [-0.2, -0.15) is 0 Å². The van der Waals surface area contributed by atoms with Gasteiger partial charge in [-0.1, -0.05) is 0 Å². The number of imide groups is 1. The minimum Gasteiger partial charge on any atom is -0.454 e. The van der Waals surface area contributed by atoms with Gasteiger partial charge in [-0.05, 0) is 82.0 Å². The van der Waals surface area contributed by atoms with Crippen molar-refractivity contribution in [3.63, 3.8) is 0 Å². The molecule has 4 bridgehead atoms. The van der Waals surface area contributed by atoms with Crippen LogP contribution in [0.2, 0.25) is 0 Å². The highest BCUT2D eigenvalue weighted by Crippen LogP contribution is 2.60. The van der Waals surface area contributed by atoms with Crippen LogP contribution >= 0.6 is 0 Å². The lowest BCUT2D eigenvalue weighted by Gasteiger charge is -2.56. The third-order valence-electron chi connectivity index (χ3n) is 7.79. The Balaban J connectivity index is 1.16. The lowest BCUT2D eigenvalue weighted by atomic mass is 9.49. The summed E-state index contributed by atoms with van der Waals surface area (Å²) in [5, 5.41) is 4.82. The Morgan fingerprint density at radius 3 is 2.17 bits per heavy atom. The van der Waals surface area contributed by atoms with Crippen molar-refractivity contribution in [3.8, 4) is 0 Å². The molecule has 2 N–H and O–H groups in total. The highest BCUT2D eigenvalue weighted by atomic mass is 16.5. The second-order valence-corrected chi connectivity index (χ2v) is 10.3. The van der Waals surface area contributed by atoms with Crippen molar-refractivity contribution in [1.82, 2.24) is 15.5 Å². The smallest absolute Gasteiger partial charge is 0.329 e. The van der Waals surface area contributed by atoms with Crippen molar-refractivity contribution in [2.24, 2.45) is 23.2 Å². The van der Waals surface area contributed by atoms with Gasteiger partial charge >= 0.3 is 12.0 Å². The maximum Gasteiger partial charge on any atom is 0.329 e. The molecule has 0 aromatic rings. The zero-order valence-electron chi connectivity index (χ0n) is 17.4. The first kappa shape index (κ1) is 19.8. The van der Waals surface area contributed by atoms with Gasteiger partial charge < -0.3 is 15.0 Å². The third kappa shape index (κ3) is 3.81. The van der Waals surface area contributed by atoms with Crippen LogP contribution in [0, 0.1) is 23.2 Å². The first-order chi connectivity index (χ1) is 14.4. The monoisotopic (exact) mass is 417 g/mol. The fourth-order valence-corrected chi connectivity index (χ4v) is 6.78. The summed E-state index contributed by atoms with van der Waals surface area (Å²) in [5.74, 6) is 0.937. The molecular formula is C22H31N3O5. The molecule has 30 heavy (non-hydrogen) atoms. The van der Waals surface area contributed by atoms with E-state index in [1.807, 2.05) is 0 Å². The van der Waals surface area contributed by atoms with E-state index in [0.29, 0.717) is 30.7 Å². The zero-order valence-corrected chi connectivity index (χ0v) is 17.4. The number of carbonyl (C=O) groups excluding carboxylic acids is 4. The van der Waals surface area contributed by atoms with Crippen LogP contribution in [0.25, 0.3) is 0 Å². The van der Waals surface area contributed by atoms with Crippen molar-refractivity contribution in [2.75, 3.05) is 13.2 Å². The van der Waals surface area contributed by atoms with Gasteiger partial charge in [0.15, 0.2) is 6.61 Å². The Morgan fingerprint density at radius 1 is 0.933 bits per heavy atom. The van der Waals surface area contributed by atoms with Gasteiger partial charge in [0, 0.05) is 12.6 Å². The van der Waals surface area contributed by atoms with Gasteiger partial charge in [-0.25, -0.2) is 9.59 Å². The molecule has 1 aliphatic heterocycles. The molecule has 5 saturated carbocycles. The fourth-order valence-electron chi connectivity index (χ4n) is 6.78. The van der Waals surface area contributed by atoms with E-state index in [1.54, 1.807) is 4.90 Å². The van der Waals surface area contributed by atoms with Crippen LogP contribution in [0.1, 0.15) is 64.2 Å². The summed E-state index contributed by atoms with van der Waals surface area (Å²) in [5.41, 5.74) is -0.282. The molecule has 164 valence electrons. The predicted octanol–water partition coefficient (Wildman–Crippen LogP) is 1.73. The third-order valence-corrected chi connectivity index (χ3v) is 7.79. The highest BCUT2D eigenvalue weighted by Gasteiger charge is 2.57. The van der Waals surface area contributed by atoms with E-state index in [-0.39, 0.29) is 17.4 Å².